The summed E-state index contributed by atoms with van der Waals surface area (Å²) in [6.07, 6.45) is 2.12. The number of benzene rings is 1. The van der Waals surface area contributed by atoms with Crippen LogP contribution in [0.4, 0.5) is 17.6 Å². The summed E-state index contributed by atoms with van der Waals surface area (Å²) < 4.78 is 5.42. The molecule has 1 atom stereocenters. The number of hydrogen-bond acceptors (Lipinski definition) is 8. The van der Waals surface area contributed by atoms with Crippen molar-refractivity contribution in [2.45, 2.75) is 25.4 Å². The number of aromatic nitrogens is 2. The van der Waals surface area contributed by atoms with Crippen LogP contribution < -0.4 is 21.1 Å². The molecule has 3 aliphatic rings. The second-order valence-corrected chi connectivity index (χ2v) is 7.89. The Morgan fingerprint density at radius 1 is 1.10 bits per heavy atom. The van der Waals surface area contributed by atoms with Crippen LogP contribution in [0.15, 0.2) is 30.3 Å². The second-order valence-electron chi connectivity index (χ2n) is 7.89. The Hall–Kier alpha value is -2.42. The molecular weight excluding hydrogens is 366 g/mol. The fourth-order valence-electron chi connectivity index (χ4n) is 4.31. The van der Waals surface area contributed by atoms with Gasteiger partial charge in [-0.15, -0.1) is 0 Å². The summed E-state index contributed by atoms with van der Waals surface area (Å²) in [5.41, 5.74) is 9.12. The monoisotopic (exact) mass is 395 g/mol. The van der Waals surface area contributed by atoms with Gasteiger partial charge in [-0.25, -0.2) is 5.43 Å². The molecule has 154 valence electrons. The van der Waals surface area contributed by atoms with Gasteiger partial charge in [0.1, 0.15) is 5.82 Å². The predicted molar refractivity (Wildman–Crippen MR) is 114 cm³/mol. The van der Waals surface area contributed by atoms with Crippen LogP contribution in [0.2, 0.25) is 0 Å². The zero-order valence-corrected chi connectivity index (χ0v) is 16.7. The Balaban J connectivity index is 1.27. The van der Waals surface area contributed by atoms with E-state index in [1.54, 1.807) is 0 Å². The number of hydrogen-bond donors (Lipinski definition) is 3. The van der Waals surface area contributed by atoms with Crippen molar-refractivity contribution < 1.29 is 4.74 Å². The molecular formula is C21H29N7O. The molecule has 8 heteroatoms. The Kier molecular flexibility index (Phi) is 5.47. The number of nitrogens with zero attached hydrogens (tertiary/aromatic N) is 4. The van der Waals surface area contributed by atoms with E-state index in [2.05, 4.69) is 56.3 Å². The van der Waals surface area contributed by atoms with E-state index >= 15 is 0 Å². The van der Waals surface area contributed by atoms with Crippen molar-refractivity contribution in [1.29, 1.82) is 0 Å². The molecule has 2 aromatic rings. The molecule has 1 unspecified atom stereocenters. The largest absolute Gasteiger partial charge is 0.379 e. The lowest BCUT2D eigenvalue weighted by Crippen LogP contribution is -2.37. The molecule has 0 amide bonds. The number of hydrazine groups is 1. The lowest BCUT2D eigenvalue weighted by molar-refractivity contribution is 0.0378. The van der Waals surface area contributed by atoms with Crippen molar-refractivity contribution >= 4 is 17.6 Å². The average molecular weight is 396 g/mol. The first kappa shape index (κ1) is 18.6. The first-order valence-corrected chi connectivity index (χ1v) is 10.6. The molecule has 1 saturated heterocycles. The van der Waals surface area contributed by atoms with Gasteiger partial charge in [-0.2, -0.15) is 9.97 Å². The topological polar surface area (TPSA) is 77.6 Å². The maximum Gasteiger partial charge on any atom is 0.226 e. The Labute approximate surface area is 171 Å². The molecule has 0 aliphatic carbocycles. The molecule has 0 radical (unpaired) electrons. The Bertz CT molecular complexity index is 825. The molecule has 3 aliphatic heterocycles. The molecule has 4 heterocycles. The van der Waals surface area contributed by atoms with Crippen LogP contribution in [0.3, 0.4) is 0 Å². The third kappa shape index (κ3) is 4.14. The Morgan fingerprint density at radius 2 is 1.97 bits per heavy atom. The molecule has 29 heavy (non-hydrogen) atoms. The minimum atomic E-state index is 0.294. The van der Waals surface area contributed by atoms with E-state index in [0.29, 0.717) is 12.0 Å². The molecule has 3 N–H and O–H groups in total. The first-order chi connectivity index (χ1) is 14.4. The number of morpholine rings is 1. The number of anilines is 3. The van der Waals surface area contributed by atoms with Crippen molar-refractivity contribution in [2.24, 2.45) is 0 Å². The van der Waals surface area contributed by atoms with E-state index in [1.165, 1.54) is 11.1 Å². The summed E-state index contributed by atoms with van der Waals surface area (Å²) in [6.45, 7) is 7.56. The molecule has 0 spiro atoms. The first-order valence-electron chi connectivity index (χ1n) is 10.6. The van der Waals surface area contributed by atoms with E-state index in [-0.39, 0.29) is 0 Å². The third-order valence-corrected chi connectivity index (χ3v) is 5.88. The van der Waals surface area contributed by atoms with E-state index in [4.69, 9.17) is 14.7 Å². The second kappa shape index (κ2) is 8.52. The van der Waals surface area contributed by atoms with Crippen molar-refractivity contribution in [1.82, 2.24) is 20.3 Å². The highest BCUT2D eigenvalue weighted by Crippen LogP contribution is 2.41. The van der Waals surface area contributed by atoms with Gasteiger partial charge in [0.15, 0.2) is 5.82 Å². The van der Waals surface area contributed by atoms with Gasteiger partial charge < -0.3 is 20.4 Å². The van der Waals surface area contributed by atoms with E-state index in [0.717, 1.165) is 77.0 Å². The highest BCUT2D eigenvalue weighted by molar-refractivity contribution is 5.67. The van der Waals surface area contributed by atoms with Crippen LogP contribution >= 0.6 is 0 Å². The highest BCUT2D eigenvalue weighted by Gasteiger charge is 2.34. The minimum absolute atomic E-state index is 0.294. The van der Waals surface area contributed by atoms with Crippen LogP contribution in [0.5, 0.6) is 0 Å². The SMILES string of the molecule is c1ccc(CN2CCC3NNc4nc(NCCCN5CCOCC5)nc2c43)cc1. The van der Waals surface area contributed by atoms with Gasteiger partial charge in [0.2, 0.25) is 5.95 Å². The summed E-state index contributed by atoms with van der Waals surface area (Å²) in [7, 11) is 0. The van der Waals surface area contributed by atoms with Crippen LogP contribution in [-0.2, 0) is 11.3 Å². The van der Waals surface area contributed by atoms with Crippen LogP contribution in [0, 0.1) is 0 Å². The highest BCUT2D eigenvalue weighted by atomic mass is 16.5. The molecule has 8 nitrogen and oxygen atoms in total. The quantitative estimate of drug-likeness (QED) is 0.615. The van der Waals surface area contributed by atoms with Gasteiger partial charge >= 0.3 is 0 Å². The number of rotatable bonds is 7. The normalized spacial score (nSPS) is 21.0. The summed E-state index contributed by atoms with van der Waals surface area (Å²) in [4.78, 5) is 14.5. The lowest BCUT2D eigenvalue weighted by Gasteiger charge is -2.32. The fourth-order valence-corrected chi connectivity index (χ4v) is 4.31. The Morgan fingerprint density at radius 3 is 2.83 bits per heavy atom. The van der Waals surface area contributed by atoms with Crippen molar-refractivity contribution in [3.05, 3.63) is 41.5 Å². The standard InChI is InChI=1S/C21H29N7O/c1-2-5-16(6-3-1)15-28-10-7-17-18-19(26-25-17)23-21(24-20(18)28)22-8-4-9-27-11-13-29-14-12-27/h1-3,5-6,17,25H,4,7-15H2,(H2,22,23,24,26). The summed E-state index contributed by atoms with van der Waals surface area (Å²) in [5.74, 6) is 2.66. The molecule has 1 aromatic heterocycles. The van der Waals surface area contributed by atoms with Gasteiger partial charge in [-0.05, 0) is 24.9 Å². The average Bonchev–Trinajstić information content (AvgIpc) is 3.19. The predicted octanol–water partition coefficient (Wildman–Crippen LogP) is 1.99. The van der Waals surface area contributed by atoms with Crippen molar-refractivity contribution in [2.75, 3.05) is 61.6 Å². The molecule has 1 fully saturated rings. The summed E-state index contributed by atoms with van der Waals surface area (Å²) in [5, 5.41) is 3.44. The molecule has 5 rings (SSSR count). The smallest absolute Gasteiger partial charge is 0.226 e. The van der Waals surface area contributed by atoms with Crippen LogP contribution in [0.25, 0.3) is 0 Å². The van der Waals surface area contributed by atoms with E-state index < -0.39 is 0 Å². The zero-order valence-electron chi connectivity index (χ0n) is 16.7. The maximum atomic E-state index is 5.42. The molecule has 0 bridgehead atoms. The number of nitrogens with one attached hydrogen (secondary N) is 3. The zero-order chi connectivity index (χ0) is 19.5. The lowest BCUT2D eigenvalue weighted by atomic mass is 10.0. The van der Waals surface area contributed by atoms with Crippen LogP contribution in [-0.4, -0.2) is 60.8 Å². The van der Waals surface area contributed by atoms with Crippen LogP contribution in [0.1, 0.15) is 30.0 Å². The molecule has 0 saturated carbocycles. The van der Waals surface area contributed by atoms with Gasteiger partial charge in [0, 0.05) is 32.7 Å². The maximum absolute atomic E-state index is 5.42. The van der Waals surface area contributed by atoms with Gasteiger partial charge in [0.05, 0.1) is 24.8 Å². The van der Waals surface area contributed by atoms with Crippen molar-refractivity contribution in [3.8, 4) is 0 Å². The summed E-state index contributed by atoms with van der Waals surface area (Å²) in [6, 6.07) is 10.9. The van der Waals surface area contributed by atoms with E-state index in [1.807, 2.05) is 0 Å². The van der Waals surface area contributed by atoms with Crippen molar-refractivity contribution in [3.63, 3.8) is 0 Å². The van der Waals surface area contributed by atoms with Gasteiger partial charge in [-0.3, -0.25) is 4.90 Å². The van der Waals surface area contributed by atoms with Gasteiger partial charge in [0.25, 0.3) is 0 Å². The minimum Gasteiger partial charge on any atom is -0.379 e. The van der Waals surface area contributed by atoms with Gasteiger partial charge in [-0.1, -0.05) is 30.3 Å². The third-order valence-electron chi connectivity index (χ3n) is 5.88. The summed E-state index contributed by atoms with van der Waals surface area (Å²) >= 11 is 0. The van der Waals surface area contributed by atoms with E-state index in [9.17, 15) is 0 Å². The fraction of sp³-hybridized carbons (Fsp3) is 0.524. The number of ether oxygens (including phenoxy) is 1. The molecule has 1 aromatic carbocycles.